The molecule has 0 fully saturated rings. The van der Waals surface area contributed by atoms with Crippen LogP contribution in [0.1, 0.15) is 24.1 Å². The van der Waals surface area contributed by atoms with Crippen LogP contribution in [0.15, 0.2) is 36.4 Å². The minimum absolute atomic E-state index is 0.0346. The second-order valence-corrected chi connectivity index (χ2v) is 5.30. The van der Waals surface area contributed by atoms with Crippen LogP contribution in [0.25, 0.3) is 0 Å². The van der Waals surface area contributed by atoms with E-state index in [9.17, 15) is 4.39 Å². The zero-order valence-corrected chi connectivity index (χ0v) is 12.4. The average molecular weight is 314 g/mol. The van der Waals surface area contributed by atoms with Gasteiger partial charge in [-0.2, -0.15) is 0 Å². The van der Waals surface area contributed by atoms with Crippen molar-refractivity contribution in [3.8, 4) is 5.75 Å². The van der Waals surface area contributed by atoms with Gasteiger partial charge in [0.1, 0.15) is 18.2 Å². The third kappa shape index (κ3) is 3.42. The summed E-state index contributed by atoms with van der Waals surface area (Å²) in [5.74, 6) is 0.178. The molecule has 0 spiro atoms. The number of ether oxygens (including phenoxy) is 1. The molecule has 106 valence electrons. The van der Waals surface area contributed by atoms with Crippen molar-refractivity contribution in [3.63, 3.8) is 0 Å². The first-order valence-corrected chi connectivity index (χ1v) is 6.85. The van der Waals surface area contributed by atoms with E-state index in [2.05, 4.69) is 0 Å². The van der Waals surface area contributed by atoms with E-state index in [4.69, 9.17) is 33.7 Å². The third-order valence-corrected chi connectivity index (χ3v) is 3.49. The van der Waals surface area contributed by atoms with Crippen molar-refractivity contribution in [2.75, 3.05) is 0 Å². The molecule has 20 heavy (non-hydrogen) atoms. The van der Waals surface area contributed by atoms with E-state index >= 15 is 0 Å². The molecule has 0 saturated carbocycles. The van der Waals surface area contributed by atoms with Crippen LogP contribution >= 0.6 is 23.2 Å². The lowest BCUT2D eigenvalue weighted by Crippen LogP contribution is -2.08. The zero-order valence-electron chi connectivity index (χ0n) is 10.9. The minimum atomic E-state index is -0.395. The van der Waals surface area contributed by atoms with Gasteiger partial charge in [-0.1, -0.05) is 29.3 Å². The molecular weight excluding hydrogens is 300 g/mol. The predicted molar refractivity (Wildman–Crippen MR) is 79.8 cm³/mol. The Bertz CT molecular complexity index is 597. The fraction of sp³-hybridized carbons (Fsp3) is 0.200. The zero-order chi connectivity index (χ0) is 14.7. The summed E-state index contributed by atoms with van der Waals surface area (Å²) >= 11 is 11.9. The Hall–Kier alpha value is -1.29. The lowest BCUT2D eigenvalue weighted by molar-refractivity contribution is 0.295. The minimum Gasteiger partial charge on any atom is -0.488 e. The molecule has 1 atom stereocenters. The number of hydrogen-bond acceptors (Lipinski definition) is 2. The van der Waals surface area contributed by atoms with E-state index in [-0.39, 0.29) is 12.6 Å². The molecule has 0 aliphatic heterocycles. The van der Waals surface area contributed by atoms with E-state index in [1.54, 1.807) is 30.3 Å². The number of rotatable bonds is 4. The number of benzene rings is 2. The summed E-state index contributed by atoms with van der Waals surface area (Å²) in [6.07, 6.45) is 0. The summed E-state index contributed by atoms with van der Waals surface area (Å²) < 4.78 is 19.3. The smallest absolute Gasteiger partial charge is 0.131 e. The van der Waals surface area contributed by atoms with Gasteiger partial charge in [0.15, 0.2) is 0 Å². The second-order valence-electron chi connectivity index (χ2n) is 4.46. The highest BCUT2D eigenvalue weighted by Crippen LogP contribution is 2.29. The van der Waals surface area contributed by atoms with Crippen LogP contribution in [-0.2, 0) is 6.61 Å². The lowest BCUT2D eigenvalue weighted by atomic mass is 10.1. The Kier molecular flexibility index (Phi) is 4.86. The summed E-state index contributed by atoms with van der Waals surface area (Å²) in [5.41, 5.74) is 6.96. The highest BCUT2D eigenvalue weighted by molar-refractivity contribution is 6.31. The summed E-state index contributed by atoms with van der Waals surface area (Å²) in [6.45, 7) is 1.86. The van der Waals surface area contributed by atoms with Crippen molar-refractivity contribution in [1.29, 1.82) is 0 Å². The van der Waals surface area contributed by atoms with Crippen molar-refractivity contribution >= 4 is 23.2 Å². The molecule has 0 aliphatic carbocycles. The molecule has 0 heterocycles. The normalized spacial score (nSPS) is 12.2. The van der Waals surface area contributed by atoms with Gasteiger partial charge in [-0.3, -0.25) is 0 Å². The van der Waals surface area contributed by atoms with Gasteiger partial charge < -0.3 is 10.5 Å². The van der Waals surface area contributed by atoms with Crippen LogP contribution in [0.5, 0.6) is 5.75 Å². The average Bonchev–Trinajstić information content (AvgIpc) is 2.39. The molecule has 2 aromatic carbocycles. The van der Waals surface area contributed by atoms with Gasteiger partial charge in [-0.15, -0.1) is 0 Å². The third-order valence-electron chi connectivity index (χ3n) is 2.90. The van der Waals surface area contributed by atoms with E-state index in [0.717, 1.165) is 5.56 Å². The van der Waals surface area contributed by atoms with Crippen molar-refractivity contribution in [2.24, 2.45) is 5.73 Å². The van der Waals surface area contributed by atoms with Crippen LogP contribution in [0.2, 0.25) is 10.0 Å². The highest BCUT2D eigenvalue weighted by Gasteiger charge is 2.12. The first-order valence-electron chi connectivity index (χ1n) is 6.09. The molecule has 2 nitrogen and oxygen atoms in total. The number of nitrogens with two attached hydrogens (primary N) is 1. The SMILES string of the molecule is C[C@H](N)c1cc(Cl)ccc1OCc1c(F)cccc1Cl. The summed E-state index contributed by atoms with van der Waals surface area (Å²) in [5, 5.41) is 0.912. The molecule has 0 aromatic heterocycles. The van der Waals surface area contributed by atoms with Gasteiger partial charge in [0.2, 0.25) is 0 Å². The van der Waals surface area contributed by atoms with Crippen molar-refractivity contribution in [1.82, 2.24) is 0 Å². The maximum Gasteiger partial charge on any atom is 0.131 e. The van der Waals surface area contributed by atoms with E-state index in [0.29, 0.717) is 21.4 Å². The Morgan fingerprint density at radius 3 is 2.65 bits per heavy atom. The maximum atomic E-state index is 13.7. The highest BCUT2D eigenvalue weighted by atomic mass is 35.5. The van der Waals surface area contributed by atoms with Gasteiger partial charge in [-0.25, -0.2) is 4.39 Å². The standard InChI is InChI=1S/C15H14Cl2FNO/c1-9(19)11-7-10(16)5-6-15(11)20-8-12-13(17)3-2-4-14(12)18/h2-7,9H,8,19H2,1H3/t9-/m0/s1. The van der Waals surface area contributed by atoms with Crippen LogP contribution in [0.4, 0.5) is 4.39 Å². The Morgan fingerprint density at radius 2 is 2.00 bits per heavy atom. The maximum absolute atomic E-state index is 13.7. The number of hydrogen-bond donors (Lipinski definition) is 1. The predicted octanol–water partition coefficient (Wildman–Crippen LogP) is 4.73. The second kappa shape index (κ2) is 6.44. The molecule has 0 saturated heterocycles. The van der Waals surface area contributed by atoms with Crippen molar-refractivity contribution < 1.29 is 9.13 Å². The summed E-state index contributed by atoms with van der Waals surface area (Å²) in [4.78, 5) is 0. The van der Waals surface area contributed by atoms with Crippen LogP contribution in [0, 0.1) is 5.82 Å². The van der Waals surface area contributed by atoms with Gasteiger partial charge in [0.05, 0.1) is 5.02 Å². The van der Waals surface area contributed by atoms with Crippen LogP contribution in [-0.4, -0.2) is 0 Å². The molecule has 2 N–H and O–H groups in total. The molecular formula is C15H14Cl2FNO. The largest absolute Gasteiger partial charge is 0.488 e. The van der Waals surface area contributed by atoms with Gasteiger partial charge in [0.25, 0.3) is 0 Å². The van der Waals surface area contributed by atoms with Crippen molar-refractivity contribution in [2.45, 2.75) is 19.6 Å². The molecule has 0 bridgehead atoms. The quantitative estimate of drug-likeness (QED) is 0.885. The van der Waals surface area contributed by atoms with E-state index in [1.807, 2.05) is 6.92 Å². The van der Waals surface area contributed by atoms with E-state index < -0.39 is 5.82 Å². The Labute approximate surface area is 127 Å². The van der Waals surface area contributed by atoms with Crippen LogP contribution < -0.4 is 10.5 Å². The molecule has 5 heteroatoms. The fourth-order valence-corrected chi connectivity index (χ4v) is 2.22. The molecule has 0 aliphatic rings. The molecule has 0 unspecified atom stereocenters. The Balaban J connectivity index is 2.23. The molecule has 2 aromatic rings. The van der Waals surface area contributed by atoms with E-state index in [1.165, 1.54) is 6.07 Å². The topological polar surface area (TPSA) is 35.2 Å². The summed E-state index contributed by atoms with van der Waals surface area (Å²) in [7, 11) is 0. The van der Waals surface area contributed by atoms with Gasteiger partial charge >= 0.3 is 0 Å². The summed E-state index contributed by atoms with van der Waals surface area (Å²) in [6, 6.07) is 9.44. The molecule has 0 radical (unpaired) electrons. The first kappa shape index (κ1) is 15.1. The first-order chi connectivity index (χ1) is 9.49. The van der Waals surface area contributed by atoms with Crippen LogP contribution in [0.3, 0.4) is 0 Å². The number of halogens is 3. The molecule has 0 amide bonds. The monoisotopic (exact) mass is 313 g/mol. The molecule has 2 rings (SSSR count). The Morgan fingerprint density at radius 1 is 1.25 bits per heavy atom. The fourth-order valence-electron chi connectivity index (χ4n) is 1.83. The van der Waals surface area contributed by atoms with Gasteiger partial charge in [-0.05, 0) is 37.3 Å². The van der Waals surface area contributed by atoms with Crippen molar-refractivity contribution in [3.05, 3.63) is 63.4 Å². The lowest BCUT2D eigenvalue weighted by Gasteiger charge is -2.15. The van der Waals surface area contributed by atoms with Gasteiger partial charge in [0, 0.05) is 22.2 Å².